The van der Waals surface area contributed by atoms with Crippen LogP contribution in [0.5, 0.6) is 5.75 Å². The summed E-state index contributed by atoms with van der Waals surface area (Å²) >= 11 is 0. The van der Waals surface area contributed by atoms with Crippen LogP contribution in [0.4, 0.5) is 0 Å². The van der Waals surface area contributed by atoms with Crippen molar-refractivity contribution in [3.8, 4) is 11.4 Å². The normalized spacial score (nSPS) is 10.9. The molecule has 2 aromatic heterocycles. The van der Waals surface area contributed by atoms with E-state index in [2.05, 4.69) is 25.8 Å². The predicted molar refractivity (Wildman–Crippen MR) is 105 cm³/mol. The van der Waals surface area contributed by atoms with Gasteiger partial charge in [0, 0.05) is 23.6 Å². The summed E-state index contributed by atoms with van der Waals surface area (Å²) in [5, 5.41) is 15.6. The number of aromatic amines is 1. The number of tetrazole rings is 1. The number of methoxy groups -OCH3 is 1. The molecule has 1 amide bonds. The largest absolute Gasteiger partial charge is 0.497 e. The lowest BCUT2D eigenvalue weighted by atomic mass is 10.1. The van der Waals surface area contributed by atoms with Gasteiger partial charge < -0.3 is 15.0 Å². The highest BCUT2D eigenvalue weighted by atomic mass is 16.5. The van der Waals surface area contributed by atoms with Gasteiger partial charge in [0.1, 0.15) is 5.75 Å². The second kappa shape index (κ2) is 7.51. The number of carbonyl (C=O) groups excluding carboxylic acids is 1. The van der Waals surface area contributed by atoms with Gasteiger partial charge in [-0.05, 0) is 59.7 Å². The first kappa shape index (κ1) is 17.7. The molecule has 0 atom stereocenters. The number of para-hydroxylation sites is 1. The first-order valence-electron chi connectivity index (χ1n) is 8.94. The lowest BCUT2D eigenvalue weighted by Crippen LogP contribution is -2.27. The maximum atomic E-state index is 12.7. The molecule has 8 nitrogen and oxygen atoms in total. The predicted octanol–water partition coefficient (Wildman–Crippen LogP) is 2.43. The number of nitrogens with one attached hydrogen (secondary N) is 2. The number of benzene rings is 2. The molecule has 0 bridgehead atoms. The first-order chi connectivity index (χ1) is 13.7. The molecule has 0 saturated carbocycles. The number of fused-ring (bicyclic) bond motifs is 1. The molecule has 4 rings (SSSR count). The number of aryl methyl sites for hydroxylation is 1. The van der Waals surface area contributed by atoms with E-state index in [0.29, 0.717) is 30.0 Å². The van der Waals surface area contributed by atoms with Crippen molar-refractivity contribution in [3.05, 3.63) is 65.6 Å². The summed E-state index contributed by atoms with van der Waals surface area (Å²) in [5.74, 6) is 1.26. The number of carbonyl (C=O) groups is 1. The number of H-pyrrole nitrogens is 1. The maximum Gasteiger partial charge on any atom is 0.253 e. The molecular weight excluding hydrogens is 356 g/mol. The van der Waals surface area contributed by atoms with Gasteiger partial charge in [-0.3, -0.25) is 4.79 Å². The van der Waals surface area contributed by atoms with Crippen molar-refractivity contribution in [2.24, 2.45) is 0 Å². The molecule has 4 aromatic rings. The molecule has 0 aliphatic carbocycles. The Morgan fingerprint density at radius 1 is 1.25 bits per heavy atom. The van der Waals surface area contributed by atoms with Crippen LogP contribution in [0.15, 0.2) is 48.7 Å². The number of rotatable bonds is 6. The lowest BCUT2D eigenvalue weighted by molar-refractivity contribution is 0.0954. The second-order valence-electron chi connectivity index (χ2n) is 6.39. The van der Waals surface area contributed by atoms with Crippen molar-refractivity contribution in [1.82, 2.24) is 30.5 Å². The molecule has 142 valence electrons. The Morgan fingerprint density at radius 2 is 2.11 bits per heavy atom. The average Bonchev–Trinajstić information content (AvgIpc) is 3.33. The van der Waals surface area contributed by atoms with Crippen molar-refractivity contribution in [2.75, 3.05) is 13.7 Å². The van der Waals surface area contributed by atoms with Crippen LogP contribution in [0.3, 0.4) is 0 Å². The highest BCUT2D eigenvalue weighted by Gasteiger charge is 2.15. The molecule has 8 heteroatoms. The van der Waals surface area contributed by atoms with E-state index in [9.17, 15) is 4.79 Å². The summed E-state index contributed by atoms with van der Waals surface area (Å²) < 4.78 is 6.86. The molecule has 0 unspecified atom stereocenters. The molecule has 0 aliphatic rings. The monoisotopic (exact) mass is 376 g/mol. The summed E-state index contributed by atoms with van der Waals surface area (Å²) in [6, 6.07) is 13.2. The number of hydrogen-bond acceptors (Lipinski definition) is 5. The van der Waals surface area contributed by atoms with E-state index in [0.717, 1.165) is 22.2 Å². The third kappa shape index (κ3) is 3.32. The van der Waals surface area contributed by atoms with Crippen LogP contribution in [0.1, 0.15) is 21.7 Å². The van der Waals surface area contributed by atoms with Gasteiger partial charge in [0.2, 0.25) is 0 Å². The third-order valence-corrected chi connectivity index (χ3v) is 4.66. The minimum atomic E-state index is -0.164. The molecule has 0 aliphatic heterocycles. The molecule has 0 fully saturated rings. The maximum absolute atomic E-state index is 12.7. The van der Waals surface area contributed by atoms with E-state index in [4.69, 9.17) is 4.74 Å². The van der Waals surface area contributed by atoms with Crippen molar-refractivity contribution < 1.29 is 9.53 Å². The Kier molecular flexibility index (Phi) is 4.76. The highest BCUT2D eigenvalue weighted by molar-refractivity contribution is 5.97. The fourth-order valence-electron chi connectivity index (χ4n) is 3.20. The lowest BCUT2D eigenvalue weighted by Gasteiger charge is -2.10. The fourth-order valence-corrected chi connectivity index (χ4v) is 3.20. The van der Waals surface area contributed by atoms with Crippen LogP contribution in [0.25, 0.3) is 16.6 Å². The zero-order chi connectivity index (χ0) is 19.5. The Bertz CT molecular complexity index is 1130. The topological polar surface area (TPSA) is 97.7 Å². The Labute approximate surface area is 161 Å². The highest BCUT2D eigenvalue weighted by Crippen LogP contribution is 2.23. The van der Waals surface area contributed by atoms with Gasteiger partial charge >= 0.3 is 0 Å². The summed E-state index contributed by atoms with van der Waals surface area (Å²) in [5.41, 5.74) is 3.35. The van der Waals surface area contributed by atoms with Crippen molar-refractivity contribution in [2.45, 2.75) is 13.3 Å². The molecule has 28 heavy (non-hydrogen) atoms. The van der Waals surface area contributed by atoms with Crippen molar-refractivity contribution in [3.63, 3.8) is 0 Å². The summed E-state index contributed by atoms with van der Waals surface area (Å²) in [4.78, 5) is 16.0. The average molecular weight is 376 g/mol. The van der Waals surface area contributed by atoms with Gasteiger partial charge in [-0.1, -0.05) is 12.1 Å². The number of hydrogen-bond donors (Lipinski definition) is 2. The zero-order valence-electron chi connectivity index (χ0n) is 15.6. The molecule has 2 heterocycles. The second-order valence-corrected chi connectivity index (χ2v) is 6.39. The van der Waals surface area contributed by atoms with E-state index in [1.807, 2.05) is 42.6 Å². The number of aromatic nitrogens is 5. The van der Waals surface area contributed by atoms with E-state index < -0.39 is 0 Å². The Morgan fingerprint density at radius 3 is 2.89 bits per heavy atom. The van der Waals surface area contributed by atoms with E-state index in [1.54, 1.807) is 24.8 Å². The van der Waals surface area contributed by atoms with Gasteiger partial charge in [0.15, 0.2) is 5.82 Å². The number of amides is 1. The molecule has 0 radical (unpaired) electrons. The zero-order valence-corrected chi connectivity index (χ0v) is 15.6. The van der Waals surface area contributed by atoms with Crippen LogP contribution in [-0.4, -0.2) is 44.8 Å². The Balaban J connectivity index is 1.48. The molecule has 2 aromatic carbocycles. The van der Waals surface area contributed by atoms with Gasteiger partial charge in [-0.25, -0.2) is 0 Å². The number of ether oxygens (including phenoxy) is 1. The van der Waals surface area contributed by atoms with Gasteiger partial charge in [-0.2, -0.15) is 4.68 Å². The van der Waals surface area contributed by atoms with Crippen molar-refractivity contribution in [1.29, 1.82) is 0 Å². The first-order valence-corrected chi connectivity index (χ1v) is 8.94. The van der Waals surface area contributed by atoms with E-state index >= 15 is 0 Å². The summed E-state index contributed by atoms with van der Waals surface area (Å²) in [7, 11) is 1.65. The summed E-state index contributed by atoms with van der Waals surface area (Å²) in [6.07, 6.45) is 2.67. The standard InChI is InChI=1S/C20H20N6O2/c1-13-23-24-25-26(13)19-6-4-3-5-16(19)20(27)21-10-9-14-12-22-18-8-7-15(28-2)11-17(14)18/h3-8,11-12,22H,9-10H2,1-2H3,(H,21,27). The van der Waals surface area contributed by atoms with E-state index in [1.165, 1.54) is 0 Å². The Hall–Kier alpha value is -3.68. The van der Waals surface area contributed by atoms with Crippen molar-refractivity contribution >= 4 is 16.8 Å². The van der Waals surface area contributed by atoms with Gasteiger partial charge in [0.05, 0.1) is 18.4 Å². The minimum Gasteiger partial charge on any atom is -0.497 e. The van der Waals surface area contributed by atoms with Crippen LogP contribution in [-0.2, 0) is 6.42 Å². The van der Waals surface area contributed by atoms with Crippen LogP contribution >= 0.6 is 0 Å². The van der Waals surface area contributed by atoms with E-state index in [-0.39, 0.29) is 5.91 Å². The number of nitrogens with zero attached hydrogens (tertiary/aromatic N) is 4. The van der Waals surface area contributed by atoms with Gasteiger partial charge in [-0.15, -0.1) is 5.10 Å². The smallest absolute Gasteiger partial charge is 0.253 e. The van der Waals surface area contributed by atoms with Crippen LogP contribution < -0.4 is 10.1 Å². The molecule has 2 N–H and O–H groups in total. The molecule has 0 spiro atoms. The van der Waals surface area contributed by atoms with Crippen LogP contribution in [0, 0.1) is 6.92 Å². The third-order valence-electron chi connectivity index (χ3n) is 4.66. The van der Waals surface area contributed by atoms with Crippen LogP contribution in [0.2, 0.25) is 0 Å². The fraction of sp³-hybridized carbons (Fsp3) is 0.200. The molecular formula is C20H20N6O2. The molecule has 0 saturated heterocycles. The minimum absolute atomic E-state index is 0.164. The quantitative estimate of drug-likeness (QED) is 0.539. The van der Waals surface area contributed by atoms with Gasteiger partial charge in [0.25, 0.3) is 5.91 Å². The summed E-state index contributed by atoms with van der Waals surface area (Å²) in [6.45, 7) is 2.30. The SMILES string of the molecule is COc1ccc2[nH]cc(CCNC(=O)c3ccccc3-n3nnnc3C)c2c1.